The number of nitriles is 1. The molecule has 2 N–H and O–H groups in total. The summed E-state index contributed by atoms with van der Waals surface area (Å²) in [7, 11) is 0. The lowest BCUT2D eigenvalue weighted by molar-refractivity contribution is -0.119. The summed E-state index contributed by atoms with van der Waals surface area (Å²) in [6, 6.07) is 12.0. The van der Waals surface area contributed by atoms with E-state index in [0.29, 0.717) is 5.13 Å². The van der Waals surface area contributed by atoms with Crippen LogP contribution in [-0.4, -0.2) is 27.4 Å². The van der Waals surface area contributed by atoms with E-state index in [9.17, 15) is 10.1 Å². The number of benzene rings is 1. The molecule has 0 spiro atoms. The number of hydrogen-bond acceptors (Lipinski definition) is 7. The van der Waals surface area contributed by atoms with Crippen LogP contribution in [0.2, 0.25) is 0 Å². The van der Waals surface area contributed by atoms with Crippen LogP contribution in [0.15, 0.2) is 34.7 Å². The Hall–Kier alpha value is -2.11. The van der Waals surface area contributed by atoms with Gasteiger partial charge in [0.2, 0.25) is 11.0 Å². The fraction of sp³-hybridized carbons (Fsp3) is 0.375. The second kappa shape index (κ2) is 7.64. The van der Waals surface area contributed by atoms with Crippen LogP contribution in [0.4, 0.5) is 10.8 Å². The molecule has 0 atom stereocenters. The number of para-hydroxylation sites is 1. The van der Waals surface area contributed by atoms with Crippen LogP contribution < -0.4 is 10.6 Å². The van der Waals surface area contributed by atoms with Crippen molar-refractivity contribution in [3.63, 3.8) is 0 Å². The average molecular weight is 359 g/mol. The van der Waals surface area contributed by atoms with Gasteiger partial charge in [-0.3, -0.25) is 4.79 Å². The topological polar surface area (TPSA) is 90.7 Å². The number of anilines is 2. The molecule has 124 valence electrons. The Bertz CT molecular complexity index is 734. The molecule has 1 aliphatic rings. The summed E-state index contributed by atoms with van der Waals surface area (Å²) >= 11 is 2.74. The lowest BCUT2D eigenvalue weighted by Crippen LogP contribution is -2.45. The third-order valence-electron chi connectivity index (χ3n) is 3.81. The lowest BCUT2D eigenvalue weighted by Gasteiger charge is -2.21. The molecule has 24 heavy (non-hydrogen) atoms. The lowest BCUT2D eigenvalue weighted by atomic mass is 10.0. The maximum absolute atomic E-state index is 12.1. The molecule has 2 aromatic rings. The number of nitrogens with zero attached hydrogens (tertiary/aromatic N) is 3. The summed E-state index contributed by atoms with van der Waals surface area (Å²) in [6.07, 6.45) is 3.46. The van der Waals surface area contributed by atoms with Gasteiger partial charge in [0.05, 0.1) is 11.8 Å². The first-order chi connectivity index (χ1) is 11.7. The number of nitrogens with one attached hydrogen (secondary N) is 2. The first kappa shape index (κ1) is 16.7. The molecular formula is C16H17N5OS2. The van der Waals surface area contributed by atoms with E-state index in [1.165, 1.54) is 23.1 Å². The van der Waals surface area contributed by atoms with Crippen molar-refractivity contribution in [3.05, 3.63) is 30.3 Å². The molecule has 3 rings (SSSR count). The fourth-order valence-corrected chi connectivity index (χ4v) is 4.21. The van der Waals surface area contributed by atoms with Crippen molar-refractivity contribution in [1.29, 1.82) is 5.26 Å². The summed E-state index contributed by atoms with van der Waals surface area (Å²) in [6.45, 7) is 0. The summed E-state index contributed by atoms with van der Waals surface area (Å²) in [4.78, 5) is 12.1. The van der Waals surface area contributed by atoms with Crippen LogP contribution in [0.3, 0.4) is 0 Å². The summed E-state index contributed by atoms with van der Waals surface area (Å²) in [5, 5.41) is 24.2. The molecule has 1 aliphatic carbocycles. The van der Waals surface area contributed by atoms with E-state index in [-0.39, 0.29) is 11.7 Å². The quantitative estimate of drug-likeness (QED) is 0.769. The predicted molar refractivity (Wildman–Crippen MR) is 95.3 cm³/mol. The zero-order chi connectivity index (χ0) is 16.8. The molecular weight excluding hydrogens is 342 g/mol. The highest BCUT2D eigenvalue weighted by Gasteiger charge is 2.35. The van der Waals surface area contributed by atoms with Crippen LogP contribution in [0.1, 0.15) is 25.7 Å². The Morgan fingerprint density at radius 1 is 1.29 bits per heavy atom. The van der Waals surface area contributed by atoms with E-state index in [2.05, 4.69) is 26.9 Å². The van der Waals surface area contributed by atoms with Gasteiger partial charge in [-0.05, 0) is 37.8 Å². The summed E-state index contributed by atoms with van der Waals surface area (Å²) in [5.41, 5.74) is 0.277. The van der Waals surface area contributed by atoms with E-state index in [4.69, 9.17) is 0 Å². The predicted octanol–water partition coefficient (Wildman–Crippen LogP) is 3.33. The van der Waals surface area contributed by atoms with Crippen molar-refractivity contribution in [1.82, 2.24) is 15.5 Å². The first-order valence-electron chi connectivity index (χ1n) is 7.70. The van der Waals surface area contributed by atoms with Gasteiger partial charge in [-0.2, -0.15) is 5.26 Å². The SMILES string of the molecule is N#CC1(NC(=O)CSc2nnc(Nc3ccccc3)s2)CCCC1. The third-order valence-corrected chi connectivity index (χ3v) is 5.78. The molecule has 0 radical (unpaired) electrons. The number of amides is 1. The minimum Gasteiger partial charge on any atom is -0.337 e. The standard InChI is InChI=1S/C16H17N5OS2/c17-11-16(8-4-5-9-16)19-13(22)10-23-15-21-20-14(24-15)18-12-6-2-1-3-7-12/h1-3,6-7H,4-5,8-10H2,(H,18,20)(H,19,22). The highest BCUT2D eigenvalue weighted by Crippen LogP contribution is 2.30. The molecule has 1 saturated carbocycles. The van der Waals surface area contributed by atoms with Crippen LogP contribution in [-0.2, 0) is 4.79 Å². The van der Waals surface area contributed by atoms with Gasteiger partial charge in [-0.1, -0.05) is 41.3 Å². The van der Waals surface area contributed by atoms with Crippen molar-refractivity contribution in [2.75, 3.05) is 11.1 Å². The molecule has 1 amide bonds. The second-order valence-corrected chi connectivity index (χ2v) is 7.80. The molecule has 1 heterocycles. The Kier molecular flexibility index (Phi) is 5.33. The fourth-order valence-electron chi connectivity index (χ4n) is 2.64. The second-order valence-electron chi connectivity index (χ2n) is 5.60. The Morgan fingerprint density at radius 2 is 2.04 bits per heavy atom. The van der Waals surface area contributed by atoms with Crippen LogP contribution in [0, 0.1) is 11.3 Å². The van der Waals surface area contributed by atoms with E-state index in [1.54, 1.807) is 0 Å². The Morgan fingerprint density at radius 3 is 2.75 bits per heavy atom. The van der Waals surface area contributed by atoms with Gasteiger partial charge in [-0.15, -0.1) is 10.2 Å². The normalized spacial score (nSPS) is 15.6. The van der Waals surface area contributed by atoms with Gasteiger partial charge >= 0.3 is 0 Å². The van der Waals surface area contributed by atoms with Gasteiger partial charge in [0.25, 0.3) is 0 Å². The molecule has 0 unspecified atom stereocenters. The highest BCUT2D eigenvalue weighted by molar-refractivity contribution is 8.01. The molecule has 8 heteroatoms. The number of thioether (sulfide) groups is 1. The Balaban J connectivity index is 1.50. The van der Waals surface area contributed by atoms with Gasteiger partial charge in [-0.25, -0.2) is 0 Å². The molecule has 0 aliphatic heterocycles. The van der Waals surface area contributed by atoms with Crippen molar-refractivity contribution < 1.29 is 4.79 Å². The number of rotatable bonds is 6. The average Bonchev–Trinajstić information content (AvgIpc) is 3.24. The van der Waals surface area contributed by atoms with Crippen molar-refractivity contribution in [3.8, 4) is 6.07 Å². The minimum absolute atomic E-state index is 0.129. The molecule has 0 saturated heterocycles. The molecule has 1 fully saturated rings. The van der Waals surface area contributed by atoms with Gasteiger partial charge in [0.15, 0.2) is 4.34 Å². The minimum atomic E-state index is -0.668. The number of hydrogen-bond donors (Lipinski definition) is 2. The Labute approximate surface area is 148 Å². The third kappa shape index (κ3) is 4.24. The monoisotopic (exact) mass is 359 g/mol. The number of carbonyl (C=O) groups is 1. The zero-order valence-corrected chi connectivity index (χ0v) is 14.6. The van der Waals surface area contributed by atoms with E-state index >= 15 is 0 Å². The molecule has 6 nitrogen and oxygen atoms in total. The van der Waals surface area contributed by atoms with Crippen LogP contribution >= 0.6 is 23.1 Å². The first-order valence-corrected chi connectivity index (χ1v) is 9.50. The molecule has 0 bridgehead atoms. The molecule has 1 aromatic heterocycles. The van der Waals surface area contributed by atoms with E-state index in [1.807, 2.05) is 30.3 Å². The summed E-state index contributed by atoms with van der Waals surface area (Å²) in [5.74, 6) is 0.111. The number of aromatic nitrogens is 2. The van der Waals surface area contributed by atoms with Crippen molar-refractivity contribution in [2.45, 2.75) is 35.6 Å². The van der Waals surface area contributed by atoms with E-state index < -0.39 is 5.54 Å². The van der Waals surface area contributed by atoms with Gasteiger partial charge in [0.1, 0.15) is 5.54 Å². The van der Waals surface area contributed by atoms with Crippen LogP contribution in [0.25, 0.3) is 0 Å². The smallest absolute Gasteiger partial charge is 0.231 e. The maximum Gasteiger partial charge on any atom is 0.231 e. The van der Waals surface area contributed by atoms with Gasteiger partial charge < -0.3 is 10.6 Å². The van der Waals surface area contributed by atoms with Crippen LogP contribution in [0.5, 0.6) is 0 Å². The summed E-state index contributed by atoms with van der Waals surface area (Å²) < 4.78 is 0.723. The van der Waals surface area contributed by atoms with Crippen molar-refractivity contribution in [2.24, 2.45) is 0 Å². The molecule has 1 aromatic carbocycles. The van der Waals surface area contributed by atoms with Gasteiger partial charge in [0, 0.05) is 5.69 Å². The number of carbonyl (C=O) groups excluding carboxylic acids is 1. The highest BCUT2D eigenvalue weighted by atomic mass is 32.2. The van der Waals surface area contributed by atoms with Crippen molar-refractivity contribution >= 4 is 39.8 Å². The van der Waals surface area contributed by atoms with E-state index in [0.717, 1.165) is 35.7 Å². The largest absolute Gasteiger partial charge is 0.337 e. The zero-order valence-electron chi connectivity index (χ0n) is 13.0. The maximum atomic E-state index is 12.1.